The number of aliphatic hydroxyl groups excluding tert-OH is 1. The van der Waals surface area contributed by atoms with Gasteiger partial charge in [0.1, 0.15) is 0 Å². The van der Waals surface area contributed by atoms with Gasteiger partial charge in [0.05, 0.1) is 0 Å². The van der Waals surface area contributed by atoms with Gasteiger partial charge in [-0.2, -0.15) is 0 Å². The van der Waals surface area contributed by atoms with Crippen LogP contribution in [0.4, 0.5) is 0 Å². The molecule has 8 heteroatoms. The average Bonchev–Trinajstić information content (AvgIpc) is 2.98. The highest BCUT2D eigenvalue weighted by Gasteiger charge is 2.68. The molecule has 5 aliphatic rings. The number of carboxylic acid groups (broad SMARTS) is 1. The second-order valence-corrected chi connectivity index (χ2v) is 9.41. The van der Waals surface area contributed by atoms with Gasteiger partial charge in [0.15, 0.2) is 17.9 Å². The van der Waals surface area contributed by atoms with E-state index in [2.05, 4.69) is 12.2 Å². The van der Waals surface area contributed by atoms with Gasteiger partial charge in [-0.1, -0.05) is 44.2 Å². The lowest BCUT2D eigenvalue weighted by Crippen LogP contribution is -2.74. The van der Waals surface area contributed by atoms with E-state index in [-0.39, 0.29) is 24.0 Å². The number of piperidine rings is 1. The third kappa shape index (κ3) is 3.75. The minimum Gasteiger partial charge on any atom is -0.479 e. The van der Waals surface area contributed by atoms with Gasteiger partial charge in [-0.05, 0) is 43.6 Å². The van der Waals surface area contributed by atoms with Gasteiger partial charge in [0.25, 0.3) is 0 Å². The molecule has 4 saturated heterocycles. The molecule has 1 amide bonds. The molecule has 170 valence electrons. The number of aliphatic hydroxyl groups is 1. The van der Waals surface area contributed by atoms with E-state index in [1.165, 1.54) is 0 Å². The van der Waals surface area contributed by atoms with Crippen LogP contribution in [0.1, 0.15) is 58.1 Å². The van der Waals surface area contributed by atoms with Crippen LogP contribution in [0.2, 0.25) is 0 Å². The Balaban J connectivity index is 0.000000180. The summed E-state index contributed by atoms with van der Waals surface area (Å²) in [5, 5.41) is 20.4. The zero-order valence-electron chi connectivity index (χ0n) is 18.1. The first-order chi connectivity index (χ1) is 14.7. The van der Waals surface area contributed by atoms with E-state index in [1.54, 1.807) is 30.3 Å². The standard InChI is InChI=1S/C15H23NO4.C8H8O3/c1-8-4-5-11-9(2)12(17)16-13-15(11)10(8)6-7-14(3,18-13)19-20-15;9-7(8(10)11)6-4-2-1-3-5-6/h8-11,13H,4-7H2,1-3H3,(H,16,17);1-5,7,9H,(H,10,11)/t8-,9-,10+,11+,13-,14-,15-;7-/m11/s1. The fourth-order valence-electron chi connectivity index (χ4n) is 5.70. The Labute approximate surface area is 181 Å². The summed E-state index contributed by atoms with van der Waals surface area (Å²) in [5.41, 5.74) is -0.0962. The average molecular weight is 434 g/mol. The van der Waals surface area contributed by atoms with Crippen molar-refractivity contribution in [3.8, 4) is 0 Å². The number of rotatable bonds is 2. The molecule has 0 aromatic heterocycles. The van der Waals surface area contributed by atoms with E-state index >= 15 is 0 Å². The first-order valence-corrected chi connectivity index (χ1v) is 11.0. The molecule has 31 heavy (non-hydrogen) atoms. The molecule has 1 aromatic carbocycles. The first kappa shape index (κ1) is 22.2. The molecule has 8 atom stereocenters. The van der Waals surface area contributed by atoms with Crippen molar-refractivity contribution in [2.24, 2.45) is 23.7 Å². The number of fused-ring (bicyclic) bond motifs is 2. The Morgan fingerprint density at radius 3 is 2.52 bits per heavy atom. The van der Waals surface area contributed by atoms with Crippen molar-refractivity contribution in [1.82, 2.24) is 5.32 Å². The van der Waals surface area contributed by atoms with Gasteiger partial charge in [-0.15, -0.1) is 0 Å². The van der Waals surface area contributed by atoms with Crippen LogP contribution in [0.3, 0.4) is 0 Å². The number of hydrogen-bond acceptors (Lipinski definition) is 6. The third-order valence-corrected chi connectivity index (χ3v) is 7.47. The lowest BCUT2D eigenvalue weighted by Gasteiger charge is -2.58. The number of nitrogens with one attached hydrogen (secondary N) is 1. The number of amides is 1. The van der Waals surface area contributed by atoms with Crippen LogP contribution >= 0.6 is 0 Å². The molecule has 1 aliphatic carbocycles. The Morgan fingerprint density at radius 1 is 1.13 bits per heavy atom. The highest BCUT2D eigenvalue weighted by atomic mass is 17.3. The Kier molecular flexibility index (Phi) is 5.85. The monoisotopic (exact) mass is 433 g/mol. The summed E-state index contributed by atoms with van der Waals surface area (Å²) >= 11 is 0. The summed E-state index contributed by atoms with van der Waals surface area (Å²) < 4.78 is 6.12. The van der Waals surface area contributed by atoms with Crippen LogP contribution in [-0.2, 0) is 24.1 Å². The molecule has 6 rings (SSSR count). The minimum atomic E-state index is -1.41. The summed E-state index contributed by atoms with van der Waals surface area (Å²) in [4.78, 5) is 34.1. The topological polar surface area (TPSA) is 114 Å². The van der Waals surface area contributed by atoms with E-state index in [9.17, 15) is 9.59 Å². The summed E-state index contributed by atoms with van der Waals surface area (Å²) in [6, 6.07) is 8.26. The number of hydrogen-bond donors (Lipinski definition) is 3. The van der Waals surface area contributed by atoms with Gasteiger partial charge in [-0.25, -0.2) is 14.6 Å². The predicted octanol–water partition coefficient (Wildman–Crippen LogP) is 2.77. The highest BCUT2D eigenvalue weighted by molar-refractivity contribution is 5.80. The molecule has 1 aromatic rings. The van der Waals surface area contributed by atoms with Gasteiger partial charge < -0.3 is 20.3 Å². The molecule has 3 N–H and O–H groups in total. The normalized spacial score (nSPS) is 41.7. The number of carbonyl (C=O) groups is 2. The summed E-state index contributed by atoms with van der Waals surface area (Å²) in [5.74, 6) is -0.774. The zero-order valence-corrected chi connectivity index (χ0v) is 18.1. The SMILES string of the molecule is C[C@@H]1CC[C@H]2[C@@H](C)C(=O)N[C@@H]3O[C@@]4(C)CC[C@@H]1[C@]32OO4.O=C(O)[C@H](O)c1ccccc1. The van der Waals surface area contributed by atoms with E-state index in [0.717, 1.165) is 25.7 Å². The first-order valence-electron chi connectivity index (χ1n) is 11.0. The number of aliphatic carboxylic acids is 1. The molecule has 0 unspecified atom stereocenters. The Bertz CT molecular complexity index is 832. The summed E-state index contributed by atoms with van der Waals surface area (Å²) in [7, 11) is 0. The van der Waals surface area contributed by atoms with Crippen LogP contribution in [0.15, 0.2) is 30.3 Å². The van der Waals surface area contributed by atoms with Crippen molar-refractivity contribution in [3.05, 3.63) is 35.9 Å². The van der Waals surface area contributed by atoms with Gasteiger partial charge in [0.2, 0.25) is 11.7 Å². The van der Waals surface area contributed by atoms with Crippen molar-refractivity contribution in [1.29, 1.82) is 0 Å². The van der Waals surface area contributed by atoms with Crippen molar-refractivity contribution >= 4 is 11.9 Å². The van der Waals surface area contributed by atoms with Crippen LogP contribution in [-0.4, -0.2) is 39.7 Å². The van der Waals surface area contributed by atoms with E-state index in [0.29, 0.717) is 17.4 Å². The molecular weight excluding hydrogens is 402 g/mol. The summed E-state index contributed by atoms with van der Waals surface area (Å²) in [6.07, 6.45) is 2.24. The molecule has 4 heterocycles. The maximum atomic E-state index is 12.2. The number of carbonyl (C=O) groups excluding carboxylic acids is 1. The van der Waals surface area contributed by atoms with Crippen LogP contribution < -0.4 is 5.32 Å². The van der Waals surface area contributed by atoms with Crippen molar-refractivity contribution in [2.45, 2.75) is 70.2 Å². The third-order valence-electron chi connectivity index (χ3n) is 7.47. The van der Waals surface area contributed by atoms with Crippen LogP contribution in [0.25, 0.3) is 0 Å². The maximum Gasteiger partial charge on any atom is 0.337 e. The quantitative estimate of drug-likeness (QED) is 0.615. The fraction of sp³-hybridized carbons (Fsp3) is 0.652. The smallest absolute Gasteiger partial charge is 0.337 e. The molecule has 1 spiro atoms. The fourth-order valence-corrected chi connectivity index (χ4v) is 5.70. The minimum absolute atomic E-state index is 0.0455. The number of benzene rings is 1. The maximum absolute atomic E-state index is 12.2. The van der Waals surface area contributed by atoms with Crippen LogP contribution in [0, 0.1) is 23.7 Å². The second-order valence-electron chi connectivity index (χ2n) is 9.41. The summed E-state index contributed by atoms with van der Waals surface area (Å²) in [6.45, 7) is 6.19. The van der Waals surface area contributed by atoms with Crippen molar-refractivity contribution < 1.29 is 34.3 Å². The number of ether oxygens (including phenoxy) is 1. The van der Waals surface area contributed by atoms with Crippen molar-refractivity contribution in [3.63, 3.8) is 0 Å². The molecule has 8 nitrogen and oxygen atoms in total. The largest absolute Gasteiger partial charge is 0.479 e. The molecule has 0 radical (unpaired) electrons. The van der Waals surface area contributed by atoms with Crippen molar-refractivity contribution in [2.75, 3.05) is 0 Å². The van der Waals surface area contributed by atoms with Gasteiger partial charge in [-0.3, -0.25) is 4.79 Å². The highest BCUT2D eigenvalue weighted by Crippen LogP contribution is 2.58. The molecule has 4 aliphatic heterocycles. The molecule has 1 saturated carbocycles. The lowest BCUT2D eigenvalue weighted by molar-refractivity contribution is -0.538. The molecule has 2 bridgehead atoms. The Hall–Kier alpha value is -2.00. The zero-order chi connectivity index (χ0) is 22.4. The molecule has 5 fully saturated rings. The van der Waals surface area contributed by atoms with Gasteiger partial charge >= 0.3 is 5.97 Å². The second kappa shape index (κ2) is 8.16. The Morgan fingerprint density at radius 2 is 1.84 bits per heavy atom. The van der Waals surface area contributed by atoms with E-state index in [1.807, 2.05) is 13.8 Å². The predicted molar refractivity (Wildman–Crippen MR) is 109 cm³/mol. The number of carboxylic acids is 1. The van der Waals surface area contributed by atoms with Crippen LogP contribution in [0.5, 0.6) is 0 Å². The van der Waals surface area contributed by atoms with E-state index < -0.39 is 23.5 Å². The van der Waals surface area contributed by atoms with E-state index in [4.69, 9.17) is 24.7 Å². The van der Waals surface area contributed by atoms with Gasteiger partial charge in [0, 0.05) is 18.3 Å². The lowest BCUT2D eigenvalue weighted by atomic mass is 9.57. The molecular formula is C23H31NO7.